The number of sulfonamides is 1. The molecule has 13 heteroatoms. The molecule has 3 aromatic carbocycles. The normalized spacial score (nSPS) is 12.5. The van der Waals surface area contributed by atoms with Crippen molar-refractivity contribution in [1.82, 2.24) is 13.9 Å². The Hall–Kier alpha value is -3.30. The number of ether oxygens (including phenoxy) is 1. The molecule has 0 radical (unpaired) electrons. The molecule has 0 amide bonds. The SMILES string of the molecule is COc1ccc(CN(c2ncns2)S(=O)(=O)c2cc3oc(=O)n([C@H](C)c4ccccc4I)c3cc2F)c(C)c1. The predicted octanol–water partition coefficient (Wildman–Crippen LogP) is 5.51. The summed E-state index contributed by atoms with van der Waals surface area (Å²) < 4.78 is 61.3. The number of hydrogen-bond acceptors (Lipinski definition) is 8. The Morgan fingerprint density at radius 1 is 1.21 bits per heavy atom. The van der Waals surface area contributed by atoms with Crippen molar-refractivity contribution in [2.45, 2.75) is 31.3 Å². The van der Waals surface area contributed by atoms with Gasteiger partial charge in [-0.3, -0.25) is 4.57 Å². The van der Waals surface area contributed by atoms with E-state index in [4.69, 9.17) is 9.15 Å². The van der Waals surface area contributed by atoms with E-state index in [-0.39, 0.29) is 22.8 Å². The third kappa shape index (κ3) is 5.05. The number of rotatable bonds is 8. The highest BCUT2D eigenvalue weighted by Crippen LogP contribution is 2.33. The van der Waals surface area contributed by atoms with Crippen LogP contribution in [-0.4, -0.2) is 29.5 Å². The van der Waals surface area contributed by atoms with Gasteiger partial charge in [-0.2, -0.15) is 4.37 Å². The first-order valence-corrected chi connectivity index (χ1v) is 14.9. The standard InChI is InChI=1S/C26H22FIN4O5S2/c1-15-10-18(36-3)9-8-17(15)13-31(25-29-14-30-38-25)39(34,35)24-12-23-22(11-20(24)27)32(26(33)37-23)16(2)19-6-4-5-7-21(19)28/h4-12,14,16H,13H2,1-3H3/t16-/m1/s1. The lowest BCUT2D eigenvalue weighted by Gasteiger charge is -2.23. The molecule has 0 aliphatic heterocycles. The van der Waals surface area contributed by atoms with Crippen LogP contribution in [0.25, 0.3) is 11.1 Å². The van der Waals surface area contributed by atoms with Crippen molar-refractivity contribution in [3.8, 4) is 5.75 Å². The minimum atomic E-state index is -4.50. The van der Waals surface area contributed by atoms with Crippen LogP contribution in [0.5, 0.6) is 5.75 Å². The zero-order valence-corrected chi connectivity index (χ0v) is 24.8. The minimum absolute atomic E-state index is 0.0457. The molecule has 2 heterocycles. The second-order valence-electron chi connectivity index (χ2n) is 8.71. The van der Waals surface area contributed by atoms with Crippen molar-refractivity contribution in [3.05, 3.63) is 97.6 Å². The molecule has 202 valence electrons. The lowest BCUT2D eigenvalue weighted by molar-refractivity contribution is 0.414. The molecule has 0 fully saturated rings. The van der Waals surface area contributed by atoms with E-state index >= 15 is 4.39 Å². The van der Waals surface area contributed by atoms with Crippen molar-refractivity contribution in [2.75, 3.05) is 11.4 Å². The van der Waals surface area contributed by atoms with Gasteiger partial charge < -0.3 is 9.15 Å². The highest BCUT2D eigenvalue weighted by atomic mass is 127. The number of nitrogens with zero attached hydrogens (tertiary/aromatic N) is 4. The third-order valence-electron chi connectivity index (χ3n) is 6.40. The number of fused-ring (bicyclic) bond motifs is 1. The van der Waals surface area contributed by atoms with Crippen LogP contribution >= 0.6 is 34.1 Å². The molecule has 2 aromatic heterocycles. The average molecular weight is 681 g/mol. The second-order valence-corrected chi connectivity index (χ2v) is 12.5. The van der Waals surface area contributed by atoms with E-state index in [0.29, 0.717) is 11.3 Å². The van der Waals surface area contributed by atoms with Crippen LogP contribution in [0.15, 0.2) is 75.0 Å². The van der Waals surface area contributed by atoms with E-state index in [2.05, 4.69) is 31.9 Å². The number of benzene rings is 3. The summed E-state index contributed by atoms with van der Waals surface area (Å²) in [4.78, 5) is 16.3. The van der Waals surface area contributed by atoms with Gasteiger partial charge in [0.15, 0.2) is 5.58 Å². The summed E-state index contributed by atoms with van der Waals surface area (Å²) in [6, 6.07) is 14.3. The van der Waals surface area contributed by atoms with E-state index in [9.17, 15) is 13.2 Å². The van der Waals surface area contributed by atoms with Gasteiger partial charge in [0.05, 0.1) is 25.2 Å². The highest BCUT2D eigenvalue weighted by Gasteiger charge is 2.32. The van der Waals surface area contributed by atoms with Crippen molar-refractivity contribution in [1.29, 1.82) is 0 Å². The summed E-state index contributed by atoms with van der Waals surface area (Å²) in [6.45, 7) is 3.49. The molecule has 5 aromatic rings. The summed E-state index contributed by atoms with van der Waals surface area (Å²) in [7, 11) is -2.96. The van der Waals surface area contributed by atoms with Gasteiger partial charge in [0, 0.05) is 27.2 Å². The quantitative estimate of drug-likeness (QED) is 0.199. The molecule has 0 spiro atoms. The summed E-state index contributed by atoms with van der Waals surface area (Å²) >= 11 is 3.03. The van der Waals surface area contributed by atoms with Crippen molar-refractivity contribution in [2.24, 2.45) is 0 Å². The number of aryl methyl sites for hydroxylation is 1. The van der Waals surface area contributed by atoms with Gasteiger partial charge in [0.25, 0.3) is 10.0 Å². The Morgan fingerprint density at radius 2 is 1.97 bits per heavy atom. The average Bonchev–Trinajstić information content (AvgIpc) is 3.54. The number of hydrogen-bond donors (Lipinski definition) is 0. The highest BCUT2D eigenvalue weighted by molar-refractivity contribution is 14.1. The summed E-state index contributed by atoms with van der Waals surface area (Å²) in [5.74, 6) is -1.12. The van der Waals surface area contributed by atoms with Gasteiger partial charge in [-0.25, -0.2) is 26.9 Å². The molecule has 1 atom stereocenters. The first-order chi connectivity index (χ1) is 18.6. The predicted molar refractivity (Wildman–Crippen MR) is 154 cm³/mol. The Kier molecular flexibility index (Phi) is 7.48. The molecule has 0 saturated carbocycles. The fourth-order valence-electron chi connectivity index (χ4n) is 4.33. The van der Waals surface area contributed by atoms with E-state index in [0.717, 1.165) is 42.7 Å². The smallest absolute Gasteiger partial charge is 0.420 e. The fourth-order valence-corrected chi connectivity index (χ4v) is 7.36. The Bertz CT molecular complexity index is 1840. The van der Waals surface area contributed by atoms with Gasteiger partial charge >= 0.3 is 5.76 Å². The van der Waals surface area contributed by atoms with Crippen LogP contribution in [-0.2, 0) is 16.6 Å². The van der Waals surface area contributed by atoms with Crippen LogP contribution in [0.3, 0.4) is 0 Å². The Balaban J connectivity index is 1.61. The number of methoxy groups -OCH3 is 1. The lowest BCUT2D eigenvalue weighted by atomic mass is 10.1. The molecule has 0 N–H and O–H groups in total. The van der Waals surface area contributed by atoms with Crippen LogP contribution in [0.1, 0.15) is 29.7 Å². The maximum absolute atomic E-state index is 15.7. The first kappa shape index (κ1) is 27.3. The largest absolute Gasteiger partial charge is 0.497 e. The van der Waals surface area contributed by atoms with Gasteiger partial charge in [0.1, 0.15) is 22.8 Å². The number of halogens is 2. The molecule has 5 rings (SSSR count). The molecule has 0 unspecified atom stereocenters. The molecular formula is C26H22FIN4O5S2. The number of anilines is 1. The van der Waals surface area contributed by atoms with E-state index in [1.807, 2.05) is 31.2 Å². The van der Waals surface area contributed by atoms with Gasteiger partial charge in [0.2, 0.25) is 5.13 Å². The van der Waals surface area contributed by atoms with E-state index in [1.165, 1.54) is 10.9 Å². The molecule has 0 aliphatic carbocycles. The first-order valence-electron chi connectivity index (χ1n) is 11.6. The van der Waals surface area contributed by atoms with Crippen LogP contribution in [0.4, 0.5) is 9.52 Å². The van der Waals surface area contributed by atoms with E-state index in [1.54, 1.807) is 32.2 Å². The van der Waals surface area contributed by atoms with E-state index < -0.39 is 32.5 Å². The maximum atomic E-state index is 15.7. The monoisotopic (exact) mass is 680 g/mol. The third-order valence-corrected chi connectivity index (χ3v) is 9.94. The van der Waals surface area contributed by atoms with Gasteiger partial charge in [-0.15, -0.1) is 0 Å². The summed E-state index contributed by atoms with van der Waals surface area (Å²) in [5.41, 5.74) is 2.40. The van der Waals surface area contributed by atoms with Crippen molar-refractivity contribution < 1.29 is 22.0 Å². The Labute approximate surface area is 241 Å². The molecule has 0 saturated heterocycles. The zero-order chi connectivity index (χ0) is 27.9. The van der Waals surface area contributed by atoms with Crippen molar-refractivity contribution >= 4 is 60.4 Å². The molecule has 0 aliphatic rings. The lowest BCUT2D eigenvalue weighted by Crippen LogP contribution is -2.31. The topological polar surface area (TPSA) is 108 Å². The second kappa shape index (κ2) is 10.7. The summed E-state index contributed by atoms with van der Waals surface area (Å²) in [6.07, 6.45) is 1.23. The van der Waals surface area contributed by atoms with Crippen molar-refractivity contribution in [3.63, 3.8) is 0 Å². The van der Waals surface area contributed by atoms with Crippen LogP contribution in [0, 0.1) is 16.3 Å². The molecular weight excluding hydrogens is 658 g/mol. The summed E-state index contributed by atoms with van der Waals surface area (Å²) in [5, 5.41) is 0.0658. The van der Waals surface area contributed by atoms with Crippen LogP contribution in [0.2, 0.25) is 0 Å². The maximum Gasteiger partial charge on any atom is 0.420 e. The molecule has 0 bridgehead atoms. The fraction of sp³-hybridized carbons (Fsp3) is 0.192. The number of aromatic nitrogens is 3. The van der Waals surface area contributed by atoms with Gasteiger partial charge in [-0.1, -0.05) is 24.3 Å². The Morgan fingerprint density at radius 3 is 2.64 bits per heavy atom. The van der Waals surface area contributed by atoms with Gasteiger partial charge in [-0.05, 0) is 71.3 Å². The molecule has 39 heavy (non-hydrogen) atoms. The molecule has 9 nitrogen and oxygen atoms in total. The van der Waals surface area contributed by atoms with Crippen LogP contribution < -0.4 is 14.8 Å². The zero-order valence-electron chi connectivity index (χ0n) is 21.0. The minimum Gasteiger partial charge on any atom is -0.497 e. The number of oxazole rings is 1.